The summed E-state index contributed by atoms with van der Waals surface area (Å²) >= 11 is 5.35. The zero-order valence-electron chi connectivity index (χ0n) is 15.4. The molecule has 3 aromatic rings. The molecule has 1 aliphatic heterocycles. The number of ether oxygens (including phenoxy) is 1. The molecule has 1 aliphatic carbocycles. The first-order chi connectivity index (χ1) is 13.3. The Bertz CT molecular complexity index is 963. The Morgan fingerprint density at radius 3 is 2.81 bits per heavy atom. The first-order valence-electron chi connectivity index (χ1n) is 9.51. The van der Waals surface area contributed by atoms with Gasteiger partial charge in [0.1, 0.15) is 0 Å². The predicted molar refractivity (Wildman–Crippen MR) is 113 cm³/mol. The highest BCUT2D eigenvalue weighted by atomic mass is 32.2. The molecule has 0 N–H and O–H groups in total. The molecule has 9 heteroatoms. The Hall–Kier alpha value is -0.870. The molecule has 1 fully saturated rings. The second-order valence-corrected chi connectivity index (χ2v) is 9.87. The molecule has 144 valence electrons. The molecule has 0 bridgehead atoms. The van der Waals surface area contributed by atoms with Gasteiger partial charge in [0, 0.05) is 30.3 Å². The van der Waals surface area contributed by atoms with E-state index >= 15 is 0 Å². The minimum absolute atomic E-state index is 0.847. The zero-order chi connectivity index (χ0) is 18.2. The fraction of sp³-hybridized carbons (Fsp3) is 0.611. The maximum atomic E-state index is 5.43. The number of aromatic nitrogens is 4. The van der Waals surface area contributed by atoms with Crippen LogP contribution >= 0.6 is 34.9 Å². The fourth-order valence-electron chi connectivity index (χ4n) is 3.88. The Kier molecular flexibility index (Phi) is 5.30. The van der Waals surface area contributed by atoms with Crippen LogP contribution in [0.1, 0.15) is 23.3 Å². The number of thioether (sulfide) groups is 2. The van der Waals surface area contributed by atoms with Gasteiger partial charge in [-0.3, -0.25) is 4.90 Å². The number of hydrogen-bond donors (Lipinski definition) is 0. The summed E-state index contributed by atoms with van der Waals surface area (Å²) in [7, 11) is 0. The molecule has 1 saturated heterocycles. The summed E-state index contributed by atoms with van der Waals surface area (Å²) in [6, 6.07) is 0. The van der Waals surface area contributed by atoms with Crippen LogP contribution in [0.15, 0.2) is 10.3 Å². The van der Waals surface area contributed by atoms with Gasteiger partial charge in [0.15, 0.2) is 16.0 Å². The minimum atomic E-state index is 0.847. The van der Waals surface area contributed by atoms with Crippen LogP contribution in [0, 0.1) is 0 Å². The Morgan fingerprint density at radius 1 is 1.11 bits per heavy atom. The van der Waals surface area contributed by atoms with Crippen molar-refractivity contribution in [2.24, 2.45) is 0 Å². The lowest BCUT2D eigenvalue weighted by Crippen LogP contribution is -2.37. The molecular weight excluding hydrogens is 398 g/mol. The molecule has 0 amide bonds. The van der Waals surface area contributed by atoms with E-state index in [1.165, 1.54) is 39.9 Å². The number of thiophene rings is 1. The van der Waals surface area contributed by atoms with Crippen LogP contribution < -0.4 is 0 Å². The first-order valence-corrected chi connectivity index (χ1v) is 12.5. The van der Waals surface area contributed by atoms with E-state index in [0.29, 0.717) is 0 Å². The molecule has 6 nitrogen and oxygen atoms in total. The molecule has 0 spiro atoms. The van der Waals surface area contributed by atoms with Crippen LogP contribution in [0.5, 0.6) is 0 Å². The smallest absolute Gasteiger partial charge is 0.197 e. The molecule has 0 saturated carbocycles. The van der Waals surface area contributed by atoms with Crippen LogP contribution in [0.4, 0.5) is 0 Å². The summed E-state index contributed by atoms with van der Waals surface area (Å²) in [4.78, 5) is 9.01. The lowest BCUT2D eigenvalue weighted by Gasteiger charge is -2.26. The Labute approximate surface area is 171 Å². The largest absolute Gasteiger partial charge is 0.379 e. The van der Waals surface area contributed by atoms with Gasteiger partial charge in [-0.2, -0.15) is 0 Å². The SMILES string of the molecule is CSc1nc2c3c(sc2c2nnc(SCCN4CCOCC4)n12)CCCC3. The second kappa shape index (κ2) is 7.87. The van der Waals surface area contributed by atoms with Gasteiger partial charge in [0.25, 0.3) is 0 Å². The van der Waals surface area contributed by atoms with Crippen molar-refractivity contribution in [2.75, 3.05) is 44.9 Å². The molecule has 0 unspecified atom stereocenters. The molecule has 0 atom stereocenters. The third-order valence-corrected chi connectivity index (χ3v) is 8.13. The number of nitrogens with zero attached hydrogens (tertiary/aromatic N) is 5. The Balaban J connectivity index is 1.47. The minimum Gasteiger partial charge on any atom is -0.379 e. The maximum Gasteiger partial charge on any atom is 0.197 e. The summed E-state index contributed by atoms with van der Waals surface area (Å²) in [5.74, 6) is 1.01. The topological polar surface area (TPSA) is 55.5 Å². The Morgan fingerprint density at radius 2 is 1.96 bits per heavy atom. The van der Waals surface area contributed by atoms with Gasteiger partial charge < -0.3 is 4.74 Å². The van der Waals surface area contributed by atoms with E-state index in [0.717, 1.165) is 61.0 Å². The lowest BCUT2D eigenvalue weighted by molar-refractivity contribution is 0.0410. The lowest BCUT2D eigenvalue weighted by atomic mass is 9.98. The summed E-state index contributed by atoms with van der Waals surface area (Å²) in [5, 5.41) is 11.1. The number of hydrogen-bond acceptors (Lipinski definition) is 8. The average Bonchev–Trinajstić information content (AvgIpc) is 3.30. The molecule has 5 rings (SSSR count). The van der Waals surface area contributed by atoms with E-state index in [1.807, 2.05) is 11.3 Å². The van der Waals surface area contributed by atoms with E-state index in [2.05, 4.69) is 25.8 Å². The van der Waals surface area contributed by atoms with Gasteiger partial charge in [-0.25, -0.2) is 9.38 Å². The fourth-order valence-corrected chi connectivity index (χ4v) is 6.71. The van der Waals surface area contributed by atoms with Crippen LogP contribution in [-0.2, 0) is 17.6 Å². The third kappa shape index (κ3) is 3.37. The van der Waals surface area contributed by atoms with Crippen LogP contribution in [0.2, 0.25) is 0 Å². The quantitative estimate of drug-likeness (QED) is 0.462. The van der Waals surface area contributed by atoms with Crippen LogP contribution in [0.3, 0.4) is 0 Å². The summed E-state index contributed by atoms with van der Waals surface area (Å²) < 4.78 is 8.81. The number of aryl methyl sites for hydroxylation is 2. The molecule has 27 heavy (non-hydrogen) atoms. The van der Waals surface area contributed by atoms with Crippen LogP contribution in [0.25, 0.3) is 15.9 Å². The maximum absolute atomic E-state index is 5.43. The summed E-state index contributed by atoms with van der Waals surface area (Å²) in [6.45, 7) is 4.81. The predicted octanol–water partition coefficient (Wildman–Crippen LogP) is 3.36. The van der Waals surface area contributed by atoms with E-state index in [4.69, 9.17) is 9.72 Å². The van der Waals surface area contributed by atoms with Gasteiger partial charge in [0.05, 0.1) is 23.4 Å². The van der Waals surface area contributed by atoms with Gasteiger partial charge in [-0.05, 0) is 37.5 Å². The molecular formula is C18H23N5OS3. The van der Waals surface area contributed by atoms with Crippen molar-refractivity contribution in [2.45, 2.75) is 36.0 Å². The highest BCUT2D eigenvalue weighted by Crippen LogP contribution is 2.39. The van der Waals surface area contributed by atoms with Gasteiger partial charge in [-0.15, -0.1) is 21.5 Å². The number of fused-ring (bicyclic) bond motifs is 5. The highest BCUT2D eigenvalue weighted by molar-refractivity contribution is 7.99. The van der Waals surface area contributed by atoms with Crippen molar-refractivity contribution in [3.8, 4) is 0 Å². The van der Waals surface area contributed by atoms with Crippen molar-refractivity contribution >= 4 is 50.7 Å². The summed E-state index contributed by atoms with van der Waals surface area (Å²) in [5.41, 5.74) is 3.62. The standard InChI is InChI=1S/C18H23N5OS3/c1-25-17-19-14-12-4-2-3-5-13(12)27-15(14)16-20-21-18(23(16)17)26-11-8-22-6-9-24-10-7-22/h2-11H2,1H3. The third-order valence-electron chi connectivity index (χ3n) is 5.30. The number of rotatable bonds is 5. The molecule has 0 aromatic carbocycles. The number of morpholine rings is 1. The van der Waals surface area contributed by atoms with Gasteiger partial charge in [0.2, 0.25) is 0 Å². The van der Waals surface area contributed by atoms with Crippen LogP contribution in [-0.4, -0.2) is 69.3 Å². The molecule has 0 radical (unpaired) electrons. The van der Waals surface area contributed by atoms with E-state index in [-0.39, 0.29) is 0 Å². The van der Waals surface area contributed by atoms with E-state index < -0.39 is 0 Å². The second-order valence-electron chi connectivity index (χ2n) is 6.93. The van der Waals surface area contributed by atoms with E-state index in [9.17, 15) is 0 Å². The monoisotopic (exact) mass is 421 g/mol. The van der Waals surface area contributed by atoms with Crippen molar-refractivity contribution < 1.29 is 4.74 Å². The van der Waals surface area contributed by atoms with Crippen molar-refractivity contribution in [1.29, 1.82) is 0 Å². The first kappa shape index (κ1) is 18.2. The normalized spacial score (nSPS) is 18.4. The molecule has 3 aromatic heterocycles. The van der Waals surface area contributed by atoms with Gasteiger partial charge in [-0.1, -0.05) is 23.5 Å². The van der Waals surface area contributed by atoms with Gasteiger partial charge >= 0.3 is 0 Å². The summed E-state index contributed by atoms with van der Waals surface area (Å²) in [6.07, 6.45) is 7.00. The average molecular weight is 422 g/mol. The van der Waals surface area contributed by atoms with Crippen molar-refractivity contribution in [3.05, 3.63) is 10.4 Å². The molecule has 2 aliphatic rings. The highest BCUT2D eigenvalue weighted by Gasteiger charge is 2.23. The van der Waals surface area contributed by atoms with E-state index in [1.54, 1.807) is 23.5 Å². The molecule has 4 heterocycles. The van der Waals surface area contributed by atoms with Crippen molar-refractivity contribution in [1.82, 2.24) is 24.5 Å². The van der Waals surface area contributed by atoms with Crippen molar-refractivity contribution in [3.63, 3.8) is 0 Å². The zero-order valence-corrected chi connectivity index (χ0v) is 17.9.